The van der Waals surface area contributed by atoms with E-state index in [4.69, 9.17) is 0 Å². The Morgan fingerprint density at radius 1 is 0.921 bits per heavy atom. The molecule has 204 valence electrons. The molecule has 1 aliphatic rings. The van der Waals surface area contributed by atoms with Crippen LogP contribution in [0.5, 0.6) is 0 Å². The first-order valence-corrected chi connectivity index (χ1v) is 13.9. The van der Waals surface area contributed by atoms with E-state index in [1.54, 1.807) is 23.8 Å². The highest BCUT2D eigenvalue weighted by atomic mass is 16.4. The van der Waals surface area contributed by atoms with Crippen molar-refractivity contribution >= 4 is 18.2 Å². The van der Waals surface area contributed by atoms with Gasteiger partial charge in [0.05, 0.1) is 11.1 Å². The molecule has 2 aromatic carbocycles. The Balaban J connectivity index is 1.61. The van der Waals surface area contributed by atoms with Crippen LogP contribution in [-0.2, 0) is 6.42 Å². The average Bonchev–Trinajstić information content (AvgIpc) is 2.87. The first-order valence-electron chi connectivity index (χ1n) is 13.9. The highest BCUT2D eigenvalue weighted by Crippen LogP contribution is 2.38. The number of carboxylic acids is 2. The molecule has 38 heavy (non-hydrogen) atoms. The number of carbonyl (C=O) groups excluding carboxylic acids is 1. The Kier molecular flexibility index (Phi) is 10.1. The van der Waals surface area contributed by atoms with E-state index in [1.807, 2.05) is 6.92 Å². The summed E-state index contributed by atoms with van der Waals surface area (Å²) in [4.78, 5) is 34.7. The van der Waals surface area contributed by atoms with E-state index in [-0.39, 0.29) is 16.7 Å². The zero-order valence-electron chi connectivity index (χ0n) is 23.3. The van der Waals surface area contributed by atoms with Crippen LogP contribution in [0.3, 0.4) is 0 Å². The molecule has 0 aromatic heterocycles. The number of carboxylic acid groups (broad SMARTS) is 2. The predicted octanol–water partition coefficient (Wildman–Crippen LogP) is 8.53. The second kappa shape index (κ2) is 13.0. The molecule has 5 nitrogen and oxygen atoms in total. The van der Waals surface area contributed by atoms with Gasteiger partial charge in [-0.05, 0) is 97.6 Å². The van der Waals surface area contributed by atoms with E-state index in [9.17, 15) is 24.6 Å². The molecular formula is C33H42O5. The summed E-state index contributed by atoms with van der Waals surface area (Å²) in [6.07, 6.45) is 14.2. The summed E-state index contributed by atoms with van der Waals surface area (Å²) >= 11 is 0. The molecule has 5 heteroatoms. The summed E-state index contributed by atoms with van der Waals surface area (Å²) in [5.74, 6) is -1.34. The fourth-order valence-corrected chi connectivity index (χ4v) is 5.68. The zero-order valence-corrected chi connectivity index (χ0v) is 23.3. The molecule has 2 N–H and O–H groups in total. The van der Waals surface area contributed by atoms with Crippen LogP contribution in [0, 0.1) is 18.3 Å². The monoisotopic (exact) mass is 518 g/mol. The first-order chi connectivity index (χ1) is 18.0. The number of hydrogen-bond acceptors (Lipinski definition) is 3. The number of hydrogen-bond donors (Lipinski definition) is 2. The van der Waals surface area contributed by atoms with Crippen molar-refractivity contribution in [3.05, 3.63) is 69.8 Å². The third kappa shape index (κ3) is 7.43. The standard InChI is InChI=1S/C33H42O5/c1-22-27(11-9-7-5-6-8-10-23-12-16-26(17-13-23)33(2,3)4)29(19-18-28(22)31(35)36)24-14-15-25(21-34)30(20-24)32(37)38/h12,14-15,18-21,26H,5-11,13,16-17H2,1-4H3,(H,35,36)(H,37,38). The number of carbonyl (C=O) groups is 3. The number of benzene rings is 2. The van der Waals surface area contributed by atoms with Gasteiger partial charge in [0, 0.05) is 5.56 Å². The number of rotatable bonds is 12. The molecule has 1 atom stereocenters. The maximum absolute atomic E-state index is 11.8. The number of aldehydes is 1. The molecule has 0 bridgehead atoms. The number of unbranched alkanes of at least 4 members (excludes halogenated alkanes) is 4. The summed E-state index contributed by atoms with van der Waals surface area (Å²) in [6.45, 7) is 8.85. The SMILES string of the molecule is Cc1c(C(=O)O)ccc(-c2ccc(C=O)c(C(=O)O)c2)c1CCCCCCCC1=CCC(C(C)(C)C)CC1. The summed E-state index contributed by atoms with van der Waals surface area (Å²) in [5.41, 5.74) is 5.50. The topological polar surface area (TPSA) is 91.7 Å². The minimum atomic E-state index is -1.16. The van der Waals surface area contributed by atoms with Crippen molar-refractivity contribution < 1.29 is 24.6 Å². The van der Waals surface area contributed by atoms with Crippen LogP contribution in [0.2, 0.25) is 0 Å². The number of allylic oxidation sites excluding steroid dienone is 2. The molecule has 0 spiro atoms. The third-order valence-corrected chi connectivity index (χ3v) is 8.20. The highest BCUT2D eigenvalue weighted by Gasteiger charge is 2.26. The van der Waals surface area contributed by atoms with E-state index in [1.165, 1.54) is 50.7 Å². The van der Waals surface area contributed by atoms with Gasteiger partial charge in [-0.15, -0.1) is 0 Å². The van der Waals surface area contributed by atoms with E-state index < -0.39 is 11.9 Å². The Morgan fingerprint density at radius 3 is 2.16 bits per heavy atom. The van der Waals surface area contributed by atoms with Gasteiger partial charge in [-0.3, -0.25) is 4.79 Å². The second-order valence-electron chi connectivity index (χ2n) is 11.8. The molecular weight excluding hydrogens is 476 g/mol. The molecule has 2 aromatic rings. The van der Waals surface area contributed by atoms with Crippen LogP contribution in [0.25, 0.3) is 11.1 Å². The van der Waals surface area contributed by atoms with Crippen molar-refractivity contribution in [2.75, 3.05) is 0 Å². The summed E-state index contributed by atoms with van der Waals surface area (Å²) in [7, 11) is 0. The van der Waals surface area contributed by atoms with Crippen molar-refractivity contribution in [3.63, 3.8) is 0 Å². The van der Waals surface area contributed by atoms with Crippen molar-refractivity contribution in [1.82, 2.24) is 0 Å². The lowest BCUT2D eigenvalue weighted by molar-refractivity contribution is 0.0685. The van der Waals surface area contributed by atoms with E-state index in [0.717, 1.165) is 42.7 Å². The lowest BCUT2D eigenvalue weighted by Crippen LogP contribution is -2.22. The average molecular weight is 519 g/mol. The van der Waals surface area contributed by atoms with Gasteiger partial charge in [0.2, 0.25) is 0 Å². The van der Waals surface area contributed by atoms with Crippen molar-refractivity contribution in [1.29, 1.82) is 0 Å². The minimum absolute atomic E-state index is 0.0505. The molecule has 0 radical (unpaired) electrons. The van der Waals surface area contributed by atoms with Crippen molar-refractivity contribution in [2.45, 2.75) is 91.9 Å². The smallest absolute Gasteiger partial charge is 0.336 e. The molecule has 0 saturated carbocycles. The highest BCUT2D eigenvalue weighted by molar-refractivity contribution is 5.99. The fraction of sp³-hybridized carbons (Fsp3) is 0.485. The van der Waals surface area contributed by atoms with Gasteiger partial charge >= 0.3 is 11.9 Å². The maximum Gasteiger partial charge on any atom is 0.336 e. The van der Waals surface area contributed by atoms with Gasteiger partial charge in [0.15, 0.2) is 6.29 Å². The fourth-order valence-electron chi connectivity index (χ4n) is 5.68. The lowest BCUT2D eigenvalue weighted by atomic mass is 9.72. The maximum atomic E-state index is 11.8. The molecule has 1 unspecified atom stereocenters. The van der Waals surface area contributed by atoms with Crippen LogP contribution in [-0.4, -0.2) is 28.4 Å². The lowest BCUT2D eigenvalue weighted by Gasteiger charge is -2.33. The Hall–Kier alpha value is -3.21. The van der Waals surface area contributed by atoms with Crippen LogP contribution in [0.1, 0.15) is 121 Å². The van der Waals surface area contributed by atoms with Gasteiger partial charge < -0.3 is 10.2 Å². The van der Waals surface area contributed by atoms with Gasteiger partial charge in [0.1, 0.15) is 0 Å². The van der Waals surface area contributed by atoms with E-state index in [2.05, 4.69) is 26.8 Å². The zero-order chi connectivity index (χ0) is 27.9. The van der Waals surface area contributed by atoms with Crippen molar-refractivity contribution in [3.8, 4) is 11.1 Å². The molecule has 1 aliphatic carbocycles. The summed E-state index contributed by atoms with van der Waals surface area (Å²) in [6, 6.07) is 8.09. The molecule has 3 rings (SSSR count). The van der Waals surface area contributed by atoms with Crippen LogP contribution >= 0.6 is 0 Å². The summed E-state index contributed by atoms with van der Waals surface area (Å²) < 4.78 is 0. The van der Waals surface area contributed by atoms with Crippen molar-refractivity contribution in [2.24, 2.45) is 11.3 Å². The van der Waals surface area contributed by atoms with Gasteiger partial charge in [0.25, 0.3) is 0 Å². The largest absolute Gasteiger partial charge is 0.478 e. The van der Waals surface area contributed by atoms with Gasteiger partial charge in [-0.2, -0.15) is 0 Å². The first kappa shape index (κ1) is 29.3. The quantitative estimate of drug-likeness (QED) is 0.167. The van der Waals surface area contributed by atoms with Gasteiger partial charge in [-0.25, -0.2) is 9.59 Å². The third-order valence-electron chi connectivity index (χ3n) is 8.20. The van der Waals surface area contributed by atoms with E-state index in [0.29, 0.717) is 22.8 Å². The normalized spacial score (nSPS) is 15.7. The van der Waals surface area contributed by atoms with E-state index >= 15 is 0 Å². The van der Waals surface area contributed by atoms with Crippen LogP contribution < -0.4 is 0 Å². The molecule has 0 fully saturated rings. The Bertz CT molecular complexity index is 1200. The Labute approximate surface area is 227 Å². The van der Waals surface area contributed by atoms with Gasteiger partial charge in [-0.1, -0.05) is 69.9 Å². The second-order valence-corrected chi connectivity index (χ2v) is 11.8. The van der Waals surface area contributed by atoms with Crippen LogP contribution in [0.4, 0.5) is 0 Å². The minimum Gasteiger partial charge on any atom is -0.478 e. The van der Waals surface area contributed by atoms with Crippen LogP contribution in [0.15, 0.2) is 42.0 Å². The summed E-state index contributed by atoms with van der Waals surface area (Å²) in [5, 5.41) is 19.2. The number of aromatic carboxylic acids is 2. The molecule has 0 saturated heterocycles. The molecule has 0 aliphatic heterocycles. The Morgan fingerprint density at radius 2 is 1.58 bits per heavy atom. The predicted molar refractivity (Wildman–Crippen MR) is 152 cm³/mol. The molecule has 0 amide bonds. The molecule has 0 heterocycles.